The van der Waals surface area contributed by atoms with Gasteiger partial charge in [-0.15, -0.1) is 0 Å². The molecule has 0 spiro atoms. The zero-order chi connectivity index (χ0) is 13.9. The Hall–Kier alpha value is -1.76. The van der Waals surface area contributed by atoms with Gasteiger partial charge in [0.2, 0.25) is 0 Å². The standard InChI is InChI=1S/C11H16N2O4S/c1-7-5-8(13-3-4-18(2,16)17)6-9(10(7)12)11(14)15/h5-6,13H,3-4,12H2,1-2H3,(H,14,15). The molecule has 0 saturated heterocycles. The maximum atomic E-state index is 11.0. The van der Waals surface area contributed by atoms with Crippen molar-refractivity contribution in [3.05, 3.63) is 23.3 Å². The minimum absolute atomic E-state index is 0.0110. The van der Waals surface area contributed by atoms with Gasteiger partial charge in [-0.2, -0.15) is 0 Å². The van der Waals surface area contributed by atoms with Crippen LogP contribution in [0.1, 0.15) is 15.9 Å². The summed E-state index contributed by atoms with van der Waals surface area (Å²) >= 11 is 0. The van der Waals surface area contributed by atoms with E-state index in [9.17, 15) is 13.2 Å². The van der Waals surface area contributed by atoms with E-state index in [4.69, 9.17) is 10.8 Å². The van der Waals surface area contributed by atoms with Crippen molar-refractivity contribution >= 4 is 27.2 Å². The fourth-order valence-electron chi connectivity index (χ4n) is 1.46. The molecule has 0 atom stereocenters. The van der Waals surface area contributed by atoms with Gasteiger partial charge in [0.1, 0.15) is 9.84 Å². The molecule has 0 aromatic heterocycles. The highest BCUT2D eigenvalue weighted by molar-refractivity contribution is 7.90. The molecular formula is C11H16N2O4S. The van der Waals surface area contributed by atoms with Crippen LogP contribution in [0.2, 0.25) is 0 Å². The molecule has 1 rings (SSSR count). The second-order valence-electron chi connectivity index (χ2n) is 4.12. The quantitative estimate of drug-likeness (QED) is 0.682. The number of carboxylic acids is 1. The van der Waals surface area contributed by atoms with Crippen LogP contribution in [0.5, 0.6) is 0 Å². The molecule has 4 N–H and O–H groups in total. The first-order valence-electron chi connectivity index (χ1n) is 5.25. The van der Waals surface area contributed by atoms with Crippen LogP contribution in [0.15, 0.2) is 12.1 Å². The van der Waals surface area contributed by atoms with Crippen molar-refractivity contribution in [1.29, 1.82) is 0 Å². The summed E-state index contributed by atoms with van der Waals surface area (Å²) in [6.07, 6.45) is 1.14. The van der Waals surface area contributed by atoms with E-state index in [1.54, 1.807) is 13.0 Å². The van der Waals surface area contributed by atoms with Gasteiger partial charge in [0.05, 0.1) is 11.3 Å². The molecule has 100 valence electrons. The number of hydrogen-bond donors (Lipinski definition) is 3. The molecule has 1 aromatic carbocycles. The minimum Gasteiger partial charge on any atom is -0.478 e. The van der Waals surface area contributed by atoms with E-state index in [1.807, 2.05) is 0 Å². The van der Waals surface area contributed by atoms with Crippen molar-refractivity contribution in [2.45, 2.75) is 6.92 Å². The zero-order valence-electron chi connectivity index (χ0n) is 10.2. The van der Waals surface area contributed by atoms with Crippen LogP contribution >= 0.6 is 0 Å². The zero-order valence-corrected chi connectivity index (χ0v) is 11.0. The number of anilines is 2. The average Bonchev–Trinajstić information content (AvgIpc) is 2.20. The molecule has 7 heteroatoms. The maximum absolute atomic E-state index is 11.0. The first kappa shape index (κ1) is 14.3. The highest BCUT2D eigenvalue weighted by Crippen LogP contribution is 2.22. The van der Waals surface area contributed by atoms with E-state index in [0.717, 1.165) is 6.26 Å². The number of aryl methyl sites for hydroxylation is 1. The summed E-state index contributed by atoms with van der Waals surface area (Å²) in [4.78, 5) is 11.0. The molecular weight excluding hydrogens is 256 g/mol. The first-order chi connectivity index (χ1) is 8.20. The van der Waals surface area contributed by atoms with Crippen LogP contribution in [0.3, 0.4) is 0 Å². The monoisotopic (exact) mass is 272 g/mol. The Balaban J connectivity index is 2.88. The van der Waals surface area contributed by atoms with Crippen LogP contribution < -0.4 is 11.1 Å². The molecule has 0 radical (unpaired) electrons. The van der Waals surface area contributed by atoms with Gasteiger partial charge in [0.15, 0.2) is 0 Å². The average molecular weight is 272 g/mol. The lowest BCUT2D eigenvalue weighted by Crippen LogP contribution is -2.15. The molecule has 0 bridgehead atoms. The number of carbonyl (C=O) groups is 1. The Morgan fingerprint density at radius 3 is 2.56 bits per heavy atom. The molecule has 0 aliphatic rings. The Morgan fingerprint density at radius 1 is 1.44 bits per heavy atom. The van der Waals surface area contributed by atoms with Gasteiger partial charge in [-0.3, -0.25) is 0 Å². The molecule has 0 saturated carbocycles. The number of hydrogen-bond acceptors (Lipinski definition) is 5. The lowest BCUT2D eigenvalue weighted by Gasteiger charge is -2.10. The SMILES string of the molecule is Cc1cc(NCCS(C)(=O)=O)cc(C(=O)O)c1N. The normalized spacial score (nSPS) is 11.2. The summed E-state index contributed by atoms with van der Waals surface area (Å²) < 4.78 is 21.9. The largest absolute Gasteiger partial charge is 0.478 e. The third-order valence-electron chi connectivity index (χ3n) is 2.42. The van der Waals surface area contributed by atoms with Crippen LogP contribution in [-0.2, 0) is 9.84 Å². The molecule has 6 nitrogen and oxygen atoms in total. The van der Waals surface area contributed by atoms with Gasteiger partial charge in [-0.1, -0.05) is 0 Å². The van der Waals surface area contributed by atoms with E-state index in [0.29, 0.717) is 11.3 Å². The summed E-state index contributed by atoms with van der Waals surface area (Å²) in [5.74, 6) is -1.12. The number of nitrogens with one attached hydrogen (secondary N) is 1. The first-order valence-corrected chi connectivity index (χ1v) is 7.32. The van der Waals surface area contributed by atoms with E-state index >= 15 is 0 Å². The smallest absolute Gasteiger partial charge is 0.337 e. The van der Waals surface area contributed by atoms with Crippen molar-refractivity contribution in [2.24, 2.45) is 0 Å². The van der Waals surface area contributed by atoms with E-state index < -0.39 is 15.8 Å². The van der Waals surface area contributed by atoms with E-state index in [1.165, 1.54) is 6.07 Å². The fourth-order valence-corrected chi connectivity index (χ4v) is 1.93. The Kier molecular flexibility index (Phi) is 4.18. The number of aromatic carboxylic acids is 1. The molecule has 0 aliphatic carbocycles. The van der Waals surface area contributed by atoms with E-state index in [-0.39, 0.29) is 23.5 Å². The second-order valence-corrected chi connectivity index (χ2v) is 6.38. The second kappa shape index (κ2) is 5.26. The highest BCUT2D eigenvalue weighted by Gasteiger charge is 2.11. The molecule has 0 amide bonds. The Morgan fingerprint density at radius 2 is 2.06 bits per heavy atom. The third kappa shape index (κ3) is 3.92. The van der Waals surface area contributed by atoms with Crippen LogP contribution in [-0.4, -0.2) is 38.0 Å². The molecule has 1 aromatic rings. The number of rotatable bonds is 5. The lowest BCUT2D eigenvalue weighted by molar-refractivity contribution is 0.0698. The third-order valence-corrected chi connectivity index (χ3v) is 3.36. The van der Waals surface area contributed by atoms with Gasteiger partial charge < -0.3 is 16.2 Å². The van der Waals surface area contributed by atoms with Crippen molar-refractivity contribution < 1.29 is 18.3 Å². The number of carboxylic acid groups (broad SMARTS) is 1. The molecule has 0 aliphatic heterocycles. The van der Waals surface area contributed by atoms with Gasteiger partial charge >= 0.3 is 5.97 Å². The summed E-state index contributed by atoms with van der Waals surface area (Å²) in [5, 5.41) is 11.8. The van der Waals surface area contributed by atoms with Crippen molar-refractivity contribution in [1.82, 2.24) is 0 Å². The molecule has 0 fully saturated rings. The topological polar surface area (TPSA) is 109 Å². The summed E-state index contributed by atoms with van der Waals surface area (Å²) in [6.45, 7) is 1.92. The van der Waals surface area contributed by atoms with Gasteiger partial charge in [0.25, 0.3) is 0 Å². The van der Waals surface area contributed by atoms with Crippen molar-refractivity contribution in [3.8, 4) is 0 Å². The number of benzene rings is 1. The Labute approximate surface area is 106 Å². The summed E-state index contributed by atoms with van der Waals surface area (Å²) in [5.41, 5.74) is 7.06. The van der Waals surface area contributed by atoms with Crippen LogP contribution in [0.25, 0.3) is 0 Å². The summed E-state index contributed by atoms with van der Waals surface area (Å²) in [7, 11) is -3.04. The van der Waals surface area contributed by atoms with E-state index in [2.05, 4.69) is 5.32 Å². The molecule has 0 unspecified atom stereocenters. The van der Waals surface area contributed by atoms with Gasteiger partial charge in [0, 0.05) is 24.2 Å². The predicted octanol–water partition coefficient (Wildman–Crippen LogP) is 0.732. The van der Waals surface area contributed by atoms with Crippen molar-refractivity contribution in [3.63, 3.8) is 0 Å². The predicted molar refractivity (Wildman–Crippen MR) is 70.8 cm³/mol. The molecule has 0 heterocycles. The van der Waals surface area contributed by atoms with Crippen LogP contribution in [0, 0.1) is 6.92 Å². The highest BCUT2D eigenvalue weighted by atomic mass is 32.2. The fraction of sp³-hybridized carbons (Fsp3) is 0.364. The number of nitrogen functional groups attached to an aromatic ring is 1. The number of sulfone groups is 1. The van der Waals surface area contributed by atoms with Gasteiger partial charge in [-0.05, 0) is 24.6 Å². The maximum Gasteiger partial charge on any atom is 0.337 e. The van der Waals surface area contributed by atoms with Crippen molar-refractivity contribution in [2.75, 3.05) is 29.6 Å². The molecule has 18 heavy (non-hydrogen) atoms. The van der Waals surface area contributed by atoms with Crippen LogP contribution in [0.4, 0.5) is 11.4 Å². The number of nitrogens with two attached hydrogens (primary N) is 1. The lowest BCUT2D eigenvalue weighted by atomic mass is 10.1. The Bertz CT molecular complexity index is 567. The minimum atomic E-state index is -3.04. The van der Waals surface area contributed by atoms with Gasteiger partial charge in [-0.25, -0.2) is 13.2 Å². The summed E-state index contributed by atoms with van der Waals surface area (Å²) in [6, 6.07) is 3.08.